The molecule has 18 heteroatoms. The van der Waals surface area contributed by atoms with Crippen LogP contribution in [0.3, 0.4) is 0 Å². The van der Waals surface area contributed by atoms with Crippen molar-refractivity contribution in [2.45, 2.75) is 169 Å². The van der Waals surface area contributed by atoms with Crippen molar-refractivity contribution in [2.24, 2.45) is 28.1 Å². The highest BCUT2D eigenvalue weighted by molar-refractivity contribution is 5.75. The fourth-order valence-corrected chi connectivity index (χ4v) is 12.1. The van der Waals surface area contributed by atoms with E-state index >= 15 is 0 Å². The van der Waals surface area contributed by atoms with E-state index in [1.165, 1.54) is 0 Å². The summed E-state index contributed by atoms with van der Waals surface area (Å²) in [6.45, 7) is 6.28. The molecule has 4 saturated carbocycles. The molecule has 0 aromatic heterocycles. The van der Waals surface area contributed by atoms with Crippen molar-refractivity contribution in [3.05, 3.63) is 12.2 Å². The van der Waals surface area contributed by atoms with Crippen molar-refractivity contribution < 1.29 is 89.4 Å². The maximum absolute atomic E-state index is 12.7. The van der Waals surface area contributed by atoms with E-state index in [-0.39, 0.29) is 22.7 Å². The van der Waals surface area contributed by atoms with Crippen LogP contribution in [-0.4, -0.2) is 180 Å². The summed E-state index contributed by atoms with van der Waals surface area (Å²) in [4.78, 5) is 12.7. The quantitative estimate of drug-likeness (QED) is 0.0812. The van der Waals surface area contributed by atoms with Gasteiger partial charge in [0.25, 0.3) is 0 Å². The van der Waals surface area contributed by atoms with Crippen LogP contribution in [0.1, 0.15) is 71.6 Å². The summed E-state index contributed by atoms with van der Waals surface area (Å²) in [5.41, 5.74) is -1.63. The zero-order valence-electron chi connectivity index (χ0n) is 31.8. The van der Waals surface area contributed by atoms with Gasteiger partial charge >= 0.3 is 5.97 Å². The first kappa shape index (κ1) is 42.7. The minimum absolute atomic E-state index is 0.00993. The summed E-state index contributed by atoms with van der Waals surface area (Å²) in [6.07, 6.45) is -19.3. The van der Waals surface area contributed by atoms with Crippen molar-refractivity contribution in [3.8, 4) is 0 Å². The molecule has 7 fully saturated rings. The van der Waals surface area contributed by atoms with Crippen LogP contribution in [0.25, 0.3) is 0 Å². The van der Waals surface area contributed by atoms with Crippen LogP contribution < -0.4 is 0 Å². The van der Waals surface area contributed by atoms with Gasteiger partial charge < -0.3 is 84.6 Å². The number of carboxylic acid groups (broad SMARTS) is 1. The van der Waals surface area contributed by atoms with Gasteiger partial charge in [-0.15, -0.1) is 0 Å². The number of aliphatic carboxylic acids is 1. The summed E-state index contributed by atoms with van der Waals surface area (Å²) in [6, 6.07) is 0. The van der Waals surface area contributed by atoms with E-state index in [1.807, 2.05) is 6.92 Å². The number of carboxylic acids is 1. The lowest BCUT2D eigenvalue weighted by atomic mass is 9.41. The van der Waals surface area contributed by atoms with Crippen LogP contribution in [-0.2, 0) is 33.2 Å². The van der Waals surface area contributed by atoms with Gasteiger partial charge in [-0.25, -0.2) is 0 Å². The van der Waals surface area contributed by atoms with Crippen LogP contribution >= 0.6 is 0 Å². The average molecular weight is 805 g/mol. The lowest BCUT2D eigenvalue weighted by molar-refractivity contribution is -0.400. The van der Waals surface area contributed by atoms with Gasteiger partial charge in [-0.1, -0.05) is 19.9 Å². The zero-order valence-corrected chi connectivity index (χ0v) is 31.8. The third-order valence-electron chi connectivity index (χ3n) is 15.0. The first-order valence-corrected chi connectivity index (χ1v) is 19.9. The van der Waals surface area contributed by atoms with E-state index in [2.05, 4.69) is 13.5 Å². The van der Waals surface area contributed by atoms with Crippen molar-refractivity contribution in [2.75, 3.05) is 19.8 Å². The maximum Gasteiger partial charge on any atom is 0.309 e. The Bertz CT molecular complexity index is 1450. The number of aliphatic hydroxyl groups excluding tert-OH is 10. The van der Waals surface area contributed by atoms with Crippen LogP contribution in [0, 0.1) is 28.1 Å². The van der Waals surface area contributed by atoms with Gasteiger partial charge in [0.1, 0.15) is 73.2 Å². The van der Waals surface area contributed by atoms with Crippen LogP contribution in [0.5, 0.6) is 0 Å². The molecule has 4 aliphatic carbocycles. The van der Waals surface area contributed by atoms with Crippen molar-refractivity contribution in [3.63, 3.8) is 0 Å². The SMILES string of the molecule is C=C1CC23CC[C@H]4[C@@](C)(CCC[C@@]4(C)C(=O)O)[C@@H]2CC[C@]1(O[C@@H]1O[C@H](CO)[C@@H](O)[C@H](O[C@@H]2O[C@H](CO)[C@@H](O)[C@H](O)[C@H]2O)[C@H]1O[C@@H]1O[C@H](CO)[C@@H](O)[C@H](O)[C@H]1O)C3. The number of ether oxygens (including phenoxy) is 6. The molecule has 18 nitrogen and oxygen atoms in total. The van der Waals surface area contributed by atoms with E-state index in [0.717, 1.165) is 31.3 Å². The molecule has 1 unspecified atom stereocenters. The van der Waals surface area contributed by atoms with E-state index < -0.39 is 129 Å². The van der Waals surface area contributed by atoms with Crippen LogP contribution in [0.2, 0.25) is 0 Å². The summed E-state index contributed by atoms with van der Waals surface area (Å²) in [7, 11) is 0. The Morgan fingerprint density at radius 1 is 0.679 bits per heavy atom. The molecule has 3 saturated heterocycles. The molecule has 56 heavy (non-hydrogen) atoms. The molecule has 0 aromatic carbocycles. The molecular weight excluding hydrogens is 744 g/mol. The Morgan fingerprint density at radius 2 is 1.20 bits per heavy atom. The van der Waals surface area contributed by atoms with Crippen molar-refractivity contribution in [1.82, 2.24) is 0 Å². The fourth-order valence-electron chi connectivity index (χ4n) is 12.1. The minimum Gasteiger partial charge on any atom is -0.481 e. The Labute approximate surface area is 324 Å². The van der Waals surface area contributed by atoms with Gasteiger partial charge in [0.15, 0.2) is 18.9 Å². The first-order chi connectivity index (χ1) is 26.4. The third kappa shape index (κ3) is 6.69. The lowest BCUT2D eigenvalue weighted by Crippen LogP contribution is -2.68. The number of rotatable bonds is 10. The van der Waals surface area contributed by atoms with Gasteiger partial charge in [-0.05, 0) is 86.5 Å². The molecule has 11 N–H and O–H groups in total. The largest absolute Gasteiger partial charge is 0.481 e. The zero-order chi connectivity index (χ0) is 40.7. The third-order valence-corrected chi connectivity index (χ3v) is 15.0. The normalized spacial score (nSPS) is 54.6. The second-order valence-corrected chi connectivity index (χ2v) is 18.0. The second-order valence-electron chi connectivity index (χ2n) is 18.0. The highest BCUT2D eigenvalue weighted by atomic mass is 16.8. The lowest BCUT2D eigenvalue weighted by Gasteiger charge is -2.64. The Morgan fingerprint density at radius 3 is 1.75 bits per heavy atom. The summed E-state index contributed by atoms with van der Waals surface area (Å²) >= 11 is 0. The molecule has 2 bridgehead atoms. The number of aliphatic hydroxyl groups is 10. The Kier molecular flexibility index (Phi) is 11.9. The summed E-state index contributed by atoms with van der Waals surface area (Å²) in [5.74, 6) is -0.606. The molecule has 21 atom stereocenters. The summed E-state index contributed by atoms with van der Waals surface area (Å²) < 4.78 is 36.7. The first-order valence-electron chi connectivity index (χ1n) is 19.9. The highest BCUT2D eigenvalue weighted by Crippen LogP contribution is 2.73. The Balaban J connectivity index is 1.21. The van der Waals surface area contributed by atoms with Crippen LogP contribution in [0.15, 0.2) is 12.2 Å². The van der Waals surface area contributed by atoms with E-state index in [9.17, 15) is 61.0 Å². The topological polar surface area (TPSA) is 295 Å². The Hall–Kier alpha value is -1.43. The molecule has 7 aliphatic rings. The molecule has 0 amide bonds. The standard InChI is InChI=1S/C38H60O18/c1-16-11-37-9-5-20-35(2,7-4-8-36(20,3)34(49)50)21(37)6-10-38(16,15-37)56-33-30(55-32-28(48)26(46)23(43)18(13-40)52-32)29(24(44)19(14-41)53-33)54-31-27(47)25(45)22(42)17(12-39)51-31/h17-33,39-48H,1,4-15H2,2-3H3,(H,49,50)/t17-,18-,19-,20+,21+,22-,23-,24-,25+,26+,27-,28-,29+,30-,31+,32+,33+,35-,36-,37?,38+/m1/s1. The van der Waals surface area contributed by atoms with Gasteiger partial charge in [0.05, 0.1) is 30.8 Å². The molecule has 320 valence electrons. The molecule has 1 spiro atoms. The number of hydrogen-bond acceptors (Lipinski definition) is 17. The average Bonchev–Trinajstić information content (AvgIpc) is 3.36. The van der Waals surface area contributed by atoms with Gasteiger partial charge in [0.2, 0.25) is 0 Å². The second kappa shape index (κ2) is 15.6. The molecule has 0 aromatic rings. The molecule has 3 heterocycles. The molecule has 3 aliphatic heterocycles. The minimum atomic E-state index is -1.91. The molecule has 7 rings (SSSR count). The van der Waals surface area contributed by atoms with Crippen molar-refractivity contribution >= 4 is 5.97 Å². The number of fused-ring (bicyclic) bond motifs is 3. The maximum atomic E-state index is 12.7. The summed E-state index contributed by atoms with van der Waals surface area (Å²) in [5, 5.41) is 116. The predicted octanol–water partition coefficient (Wildman–Crippen LogP) is -2.37. The van der Waals surface area contributed by atoms with Gasteiger partial charge in [-0.3, -0.25) is 4.79 Å². The fraction of sp³-hybridized carbons (Fsp3) is 0.921. The predicted molar refractivity (Wildman–Crippen MR) is 187 cm³/mol. The number of carbonyl (C=O) groups is 1. The van der Waals surface area contributed by atoms with E-state index in [0.29, 0.717) is 32.1 Å². The van der Waals surface area contributed by atoms with Gasteiger partial charge in [-0.2, -0.15) is 0 Å². The molecular formula is C38H60O18. The smallest absolute Gasteiger partial charge is 0.309 e. The highest BCUT2D eigenvalue weighted by Gasteiger charge is 2.69. The number of hydrogen-bond donors (Lipinski definition) is 11. The van der Waals surface area contributed by atoms with E-state index in [1.54, 1.807) is 0 Å². The van der Waals surface area contributed by atoms with Crippen molar-refractivity contribution in [1.29, 1.82) is 0 Å². The van der Waals surface area contributed by atoms with Crippen LogP contribution in [0.4, 0.5) is 0 Å². The monoisotopic (exact) mass is 804 g/mol. The van der Waals surface area contributed by atoms with Gasteiger partial charge in [0, 0.05) is 0 Å². The molecule has 0 radical (unpaired) electrons. The van der Waals surface area contributed by atoms with E-state index in [4.69, 9.17) is 28.4 Å².